The molecule has 2 aromatic carbocycles. The summed E-state index contributed by atoms with van der Waals surface area (Å²) in [6.07, 6.45) is 7.20. The van der Waals surface area contributed by atoms with Crippen LogP contribution >= 0.6 is 45.8 Å². The van der Waals surface area contributed by atoms with Gasteiger partial charge in [0.1, 0.15) is 31.3 Å². The van der Waals surface area contributed by atoms with Crippen molar-refractivity contribution in [3.63, 3.8) is 0 Å². The average Bonchev–Trinajstić information content (AvgIpc) is 3.93. The van der Waals surface area contributed by atoms with Gasteiger partial charge in [0.05, 0.1) is 33.4 Å². The van der Waals surface area contributed by atoms with E-state index in [1.165, 1.54) is 41.3 Å². The molecule has 0 radical (unpaired) electrons. The van der Waals surface area contributed by atoms with E-state index in [9.17, 15) is 64.8 Å². The fourth-order valence-electron chi connectivity index (χ4n) is 8.76. The van der Waals surface area contributed by atoms with Gasteiger partial charge in [-0.05, 0) is 62.7 Å². The lowest BCUT2D eigenvalue weighted by molar-refractivity contribution is -0.437. The van der Waals surface area contributed by atoms with Crippen LogP contribution in [0.1, 0.15) is 76.8 Å². The highest BCUT2D eigenvalue weighted by atomic mass is 33.1. The summed E-state index contributed by atoms with van der Waals surface area (Å²) in [7, 11) is -22.8. The molecule has 78 heavy (non-hydrogen) atoms. The van der Waals surface area contributed by atoms with E-state index in [0.717, 1.165) is 32.9 Å². The molecule has 426 valence electrons. The Balaban J connectivity index is 1.00. The third kappa shape index (κ3) is 15.9. The molecule has 0 aliphatic carbocycles. The highest BCUT2D eigenvalue weighted by Crippen LogP contribution is 2.69. The minimum absolute atomic E-state index is 0.0451. The monoisotopic (exact) mass is 1220 g/mol. The lowest BCUT2D eigenvalue weighted by Crippen LogP contribution is -2.30. The van der Waals surface area contributed by atoms with E-state index < -0.39 is 86.0 Å². The number of amides is 1. The molecule has 6 rings (SSSR count). The summed E-state index contributed by atoms with van der Waals surface area (Å²) in [5, 5.41) is 13.1. The third-order valence-corrected chi connectivity index (χ3v) is 20.4. The molecule has 0 spiro atoms. The molecule has 26 nitrogen and oxygen atoms in total. The molecule has 5 atom stereocenters. The Morgan fingerprint density at radius 1 is 1.01 bits per heavy atom. The lowest BCUT2D eigenvalue weighted by Gasteiger charge is -2.25. The number of ether oxygens (including phenoxy) is 1. The molecule has 0 saturated carbocycles. The summed E-state index contributed by atoms with van der Waals surface area (Å²) >= 11 is 0. The SMILES string of the molecule is CCN1C(=CC=CC=CC2=[N+](CCCSSCCC(=O)NCC#Cc3cn([C@H]4C[C@H](O)[C@@H](CO[P+]([O-])(O)OP(=O)(O)O[P+]([O-])(O)O)O4)c(=O)nc3N)c3ccc(S(=O)(=O)O)cc3C2(C)C)C(C)(C)c2cc(S(=O)(=O)O)ccc21. The number of fused-ring (bicyclic) bond motifs is 2. The number of anilines is 2. The Morgan fingerprint density at radius 2 is 1.67 bits per heavy atom. The number of aromatic nitrogens is 2. The lowest BCUT2D eigenvalue weighted by atomic mass is 9.81. The van der Waals surface area contributed by atoms with Crippen molar-refractivity contribution in [2.24, 2.45) is 0 Å². The van der Waals surface area contributed by atoms with Gasteiger partial charge in [-0.1, -0.05) is 74.1 Å². The maximum Gasteiger partial charge on any atom is 0.549 e. The van der Waals surface area contributed by atoms with E-state index in [1.54, 1.807) is 22.9 Å². The van der Waals surface area contributed by atoms with Gasteiger partial charge < -0.3 is 35.6 Å². The van der Waals surface area contributed by atoms with Crippen LogP contribution in [0, 0.1) is 11.8 Å². The van der Waals surface area contributed by atoms with Gasteiger partial charge in [0.15, 0.2) is 5.71 Å². The molecule has 1 amide bonds. The number of likely N-dealkylation sites (N-methyl/N-ethyl adjacent to an activating group) is 1. The van der Waals surface area contributed by atoms with Crippen LogP contribution in [-0.4, -0.2) is 126 Å². The maximum atomic E-state index is 12.7. The van der Waals surface area contributed by atoms with Gasteiger partial charge in [0, 0.05) is 78.0 Å². The number of nitrogens with two attached hydrogens (primary N) is 1. The van der Waals surface area contributed by atoms with Gasteiger partial charge in [-0.15, -0.1) is 0 Å². The number of phosphoric ester groups is 1. The second kappa shape index (κ2) is 25.0. The van der Waals surface area contributed by atoms with Crippen LogP contribution in [0.2, 0.25) is 0 Å². The fraction of sp³-hybridized carbons (Fsp3) is 0.422. The number of rotatable bonds is 23. The highest BCUT2D eigenvalue weighted by Gasteiger charge is 2.49. The molecule has 1 fully saturated rings. The van der Waals surface area contributed by atoms with Gasteiger partial charge >= 0.3 is 29.9 Å². The summed E-state index contributed by atoms with van der Waals surface area (Å²) in [6, 6.07) is 9.11. The summed E-state index contributed by atoms with van der Waals surface area (Å²) in [4.78, 5) is 90.2. The van der Waals surface area contributed by atoms with Crippen LogP contribution in [0.15, 0.2) is 93.3 Å². The van der Waals surface area contributed by atoms with E-state index >= 15 is 0 Å². The molecule has 3 aliphatic heterocycles. The standard InChI is InChI=1S/C45H57N6O20P3S4/c1-6-49-34-17-15-30(77(62,63)64)24-32(34)44(2,3)38(49)13-8-7-9-14-39-45(4,5)33-25-31(78(65,66)67)16-18-35(33)50(39)21-11-22-75-76-23-19-40(53)47-20-10-12-29-27-51(43(54)48-42(29)46)41-26-36(52)37(69-41)28-68-73(58,59)71-74(60,61)70-72(55,56)57/h7-9,13-18,24-25,27,36-37,41,52H,6,11,19-23,26,28H2,1-5H3,(H8-,46,47,48,53,54,55,56,57,58,59,60,61,62,63,64,65,66,67)/p+1/t36-,37+,41+/m0/s1. The number of aliphatic hydroxyl groups excluding tert-OH is 1. The number of hydrogen-bond donors (Lipinski definition) is 9. The molecular formula is C45H58N6O20P3S4+. The molecule has 3 aliphatic rings. The number of allylic oxidation sites excluding steroid dienone is 6. The molecule has 2 unspecified atom stereocenters. The summed E-state index contributed by atoms with van der Waals surface area (Å²) in [6.45, 7) is 9.99. The predicted octanol–water partition coefficient (Wildman–Crippen LogP) is 2.69. The smallest absolute Gasteiger partial charge is 0.549 e. The van der Waals surface area contributed by atoms with Crippen LogP contribution in [0.25, 0.3) is 0 Å². The van der Waals surface area contributed by atoms with Gasteiger partial charge in [-0.3, -0.25) is 23.4 Å². The summed E-state index contributed by atoms with van der Waals surface area (Å²) < 4.78 is 99.9. The average molecular weight is 1220 g/mol. The second-order valence-corrected chi connectivity index (χ2v) is 28.5. The van der Waals surface area contributed by atoms with Crippen LogP contribution in [0.3, 0.4) is 0 Å². The van der Waals surface area contributed by atoms with Crippen molar-refractivity contribution < 1.29 is 92.2 Å². The van der Waals surface area contributed by atoms with E-state index in [4.69, 9.17) is 20.3 Å². The van der Waals surface area contributed by atoms with Crippen molar-refractivity contribution in [3.05, 3.63) is 106 Å². The zero-order valence-electron chi connectivity index (χ0n) is 42.3. The zero-order valence-corrected chi connectivity index (χ0v) is 48.3. The largest absolute Gasteiger partial charge is 0.606 e. The molecule has 10 N–H and O–H groups in total. The first-order valence-corrected chi connectivity index (χ1v) is 33.3. The second-order valence-electron chi connectivity index (χ2n) is 18.5. The molecule has 0 bridgehead atoms. The van der Waals surface area contributed by atoms with Crippen molar-refractivity contribution in [2.75, 3.05) is 48.4 Å². The van der Waals surface area contributed by atoms with Gasteiger partial charge in [0.25, 0.3) is 20.2 Å². The Kier molecular flexibility index (Phi) is 20.3. The normalized spacial score (nSPS) is 21.2. The number of carbonyl (C=O) groups excluding carboxylic acids is 1. The number of nitrogens with one attached hydrogen (secondary N) is 1. The molecule has 3 aromatic rings. The van der Waals surface area contributed by atoms with Crippen molar-refractivity contribution in [2.45, 2.75) is 92.9 Å². The molecule has 33 heteroatoms. The minimum Gasteiger partial charge on any atom is -0.606 e. The Bertz CT molecular complexity index is 3320. The number of phosphoric acid groups is 3. The van der Waals surface area contributed by atoms with Crippen molar-refractivity contribution in [1.29, 1.82) is 0 Å². The topological polar surface area (TPSA) is 406 Å². The van der Waals surface area contributed by atoms with Crippen LogP contribution in [0.5, 0.6) is 0 Å². The number of nitrogen functional groups attached to an aromatic ring is 1. The number of benzene rings is 2. The first-order valence-electron chi connectivity index (χ1n) is 23.4. The minimum atomic E-state index is -5.79. The molecule has 1 saturated heterocycles. The number of nitrogens with zero attached hydrogens (tertiary/aromatic N) is 4. The number of aliphatic hydroxyl groups is 1. The van der Waals surface area contributed by atoms with E-state index in [1.807, 2.05) is 65.0 Å². The highest BCUT2D eigenvalue weighted by molar-refractivity contribution is 8.76. The van der Waals surface area contributed by atoms with E-state index in [2.05, 4.69) is 44.8 Å². The quantitative estimate of drug-likeness (QED) is 0.0125. The molecular weight excluding hydrogens is 1170 g/mol. The summed E-state index contributed by atoms with van der Waals surface area (Å²) in [5.74, 6) is 6.02. The number of carbonyl (C=O) groups is 1. The van der Waals surface area contributed by atoms with Crippen molar-refractivity contribution in [3.8, 4) is 11.8 Å². The van der Waals surface area contributed by atoms with E-state index in [-0.39, 0.29) is 46.5 Å². The molecule has 4 heterocycles. The van der Waals surface area contributed by atoms with Gasteiger partial charge in [-0.2, -0.15) is 45.6 Å². The first-order chi connectivity index (χ1) is 36.1. The molecule has 1 aromatic heterocycles. The first kappa shape index (κ1) is 63.2. The van der Waals surface area contributed by atoms with Crippen LogP contribution < -0.4 is 31.4 Å². The van der Waals surface area contributed by atoms with Gasteiger partial charge in [0.2, 0.25) is 11.6 Å². The van der Waals surface area contributed by atoms with E-state index in [0.29, 0.717) is 36.6 Å². The number of hydrogen-bond acceptors (Lipinski definition) is 22. The zero-order chi connectivity index (χ0) is 57.8. The van der Waals surface area contributed by atoms with Crippen LogP contribution in [-0.2, 0) is 58.3 Å². The Labute approximate surface area is 458 Å². The van der Waals surface area contributed by atoms with Gasteiger partial charge in [-0.25, -0.2) is 9.36 Å². The van der Waals surface area contributed by atoms with Crippen LogP contribution in [0.4, 0.5) is 17.2 Å². The Morgan fingerprint density at radius 3 is 2.32 bits per heavy atom. The van der Waals surface area contributed by atoms with Crippen molar-refractivity contribution >= 4 is 94.8 Å². The van der Waals surface area contributed by atoms with Crippen molar-refractivity contribution in [1.82, 2.24) is 14.9 Å². The fourth-order valence-corrected chi connectivity index (χ4v) is 14.9. The summed E-state index contributed by atoms with van der Waals surface area (Å²) in [5.41, 5.74) is 8.70. The Hall–Kier alpha value is -3.99. The maximum absolute atomic E-state index is 12.7. The third-order valence-electron chi connectivity index (χ3n) is 12.4. The predicted molar refractivity (Wildman–Crippen MR) is 288 cm³/mol.